The monoisotopic (exact) mass is 312 g/mol. The van der Waals surface area contributed by atoms with Crippen molar-refractivity contribution in [3.63, 3.8) is 0 Å². The number of carbonyl (C=O) groups is 1. The van der Waals surface area contributed by atoms with E-state index < -0.39 is 5.97 Å². The standard InChI is InChI=1S/C15H14Cl2O3/c1-11(5-4-6-12(17)9-10-16)20-14-8-3-2-7-13(14)15(18)19/h2-5,7-9H,1,6,10H2,(H,18,19)/b5-4-,12-9+. The first-order chi connectivity index (χ1) is 9.54. The van der Waals surface area contributed by atoms with Gasteiger partial charge in [0.05, 0.1) is 0 Å². The van der Waals surface area contributed by atoms with Crippen LogP contribution < -0.4 is 4.74 Å². The van der Waals surface area contributed by atoms with E-state index in [1.165, 1.54) is 6.07 Å². The summed E-state index contributed by atoms with van der Waals surface area (Å²) in [6, 6.07) is 6.36. The number of rotatable bonds is 7. The molecule has 0 saturated heterocycles. The first-order valence-electron chi connectivity index (χ1n) is 5.80. The molecule has 0 aliphatic rings. The van der Waals surface area contributed by atoms with E-state index in [2.05, 4.69) is 6.58 Å². The fraction of sp³-hybridized carbons (Fsp3) is 0.133. The zero-order valence-corrected chi connectivity index (χ0v) is 12.2. The fourth-order valence-corrected chi connectivity index (χ4v) is 1.81. The van der Waals surface area contributed by atoms with Crippen LogP contribution in [0, 0.1) is 0 Å². The Kier molecular flexibility index (Phi) is 6.91. The van der Waals surface area contributed by atoms with Crippen molar-refractivity contribution in [1.29, 1.82) is 0 Å². The van der Waals surface area contributed by atoms with Crippen LogP contribution in [0.5, 0.6) is 5.75 Å². The average molecular weight is 313 g/mol. The van der Waals surface area contributed by atoms with Crippen molar-refractivity contribution in [2.75, 3.05) is 5.88 Å². The molecule has 0 heterocycles. The zero-order chi connectivity index (χ0) is 15.0. The summed E-state index contributed by atoms with van der Waals surface area (Å²) in [5.41, 5.74) is 0.0853. The molecule has 0 saturated carbocycles. The Morgan fingerprint density at radius 1 is 1.40 bits per heavy atom. The van der Waals surface area contributed by atoms with Crippen molar-refractivity contribution in [2.24, 2.45) is 0 Å². The van der Waals surface area contributed by atoms with Crippen molar-refractivity contribution in [2.45, 2.75) is 6.42 Å². The maximum Gasteiger partial charge on any atom is 0.339 e. The number of ether oxygens (including phenoxy) is 1. The van der Waals surface area contributed by atoms with E-state index in [9.17, 15) is 4.79 Å². The van der Waals surface area contributed by atoms with E-state index in [0.29, 0.717) is 23.1 Å². The van der Waals surface area contributed by atoms with Crippen LogP contribution in [0.15, 0.2) is 59.9 Å². The molecule has 1 aromatic rings. The average Bonchev–Trinajstić information content (AvgIpc) is 2.39. The maximum absolute atomic E-state index is 11.0. The number of alkyl halides is 1. The predicted octanol–water partition coefficient (Wildman–Crippen LogP) is 4.59. The Morgan fingerprint density at radius 3 is 2.75 bits per heavy atom. The Morgan fingerprint density at radius 2 is 2.10 bits per heavy atom. The van der Waals surface area contributed by atoms with Crippen LogP contribution in [0.3, 0.4) is 0 Å². The van der Waals surface area contributed by atoms with Crippen molar-refractivity contribution >= 4 is 29.2 Å². The molecule has 0 aliphatic heterocycles. The third-order valence-corrected chi connectivity index (χ3v) is 2.74. The quantitative estimate of drug-likeness (QED) is 0.455. The fourth-order valence-electron chi connectivity index (χ4n) is 1.38. The summed E-state index contributed by atoms with van der Waals surface area (Å²) in [6.07, 6.45) is 5.59. The van der Waals surface area contributed by atoms with Gasteiger partial charge in [-0.1, -0.05) is 42.5 Å². The van der Waals surface area contributed by atoms with Gasteiger partial charge in [0, 0.05) is 17.3 Å². The Hall–Kier alpha value is -1.71. The minimum atomic E-state index is -1.05. The number of benzene rings is 1. The molecular formula is C15H14Cl2O3. The van der Waals surface area contributed by atoms with Crippen LogP contribution in [0.4, 0.5) is 0 Å². The highest BCUT2D eigenvalue weighted by atomic mass is 35.5. The van der Waals surface area contributed by atoms with Crippen LogP contribution in [0.1, 0.15) is 16.8 Å². The summed E-state index contributed by atoms with van der Waals surface area (Å²) in [4.78, 5) is 11.0. The van der Waals surface area contributed by atoms with E-state index in [1.807, 2.05) is 0 Å². The molecule has 1 rings (SSSR count). The van der Waals surface area contributed by atoms with Gasteiger partial charge in [-0.05, 0) is 18.2 Å². The molecular weight excluding hydrogens is 299 g/mol. The molecule has 20 heavy (non-hydrogen) atoms. The lowest BCUT2D eigenvalue weighted by molar-refractivity contribution is 0.0694. The number of carboxylic acid groups (broad SMARTS) is 1. The molecule has 5 heteroatoms. The molecule has 106 valence electrons. The number of aromatic carboxylic acids is 1. The Labute approximate surface area is 127 Å². The molecule has 0 atom stereocenters. The Bertz CT molecular complexity index is 548. The van der Waals surface area contributed by atoms with Gasteiger partial charge in [-0.25, -0.2) is 4.79 Å². The van der Waals surface area contributed by atoms with Gasteiger partial charge in [0.15, 0.2) is 0 Å². The van der Waals surface area contributed by atoms with Crippen LogP contribution in [0.2, 0.25) is 0 Å². The summed E-state index contributed by atoms with van der Waals surface area (Å²) in [5.74, 6) is -0.118. The molecule has 0 radical (unpaired) electrons. The summed E-state index contributed by atoms with van der Waals surface area (Å²) < 4.78 is 5.40. The molecule has 3 nitrogen and oxygen atoms in total. The molecule has 0 aliphatic carbocycles. The lowest BCUT2D eigenvalue weighted by Crippen LogP contribution is -2.01. The van der Waals surface area contributed by atoms with Gasteiger partial charge in [0.1, 0.15) is 17.1 Å². The van der Waals surface area contributed by atoms with E-state index >= 15 is 0 Å². The van der Waals surface area contributed by atoms with E-state index in [4.69, 9.17) is 33.0 Å². The molecule has 0 unspecified atom stereocenters. The SMILES string of the molecule is C=C(/C=C\C/C(Cl)=C\CCl)Oc1ccccc1C(=O)O. The van der Waals surface area contributed by atoms with Crippen molar-refractivity contribution < 1.29 is 14.6 Å². The van der Waals surface area contributed by atoms with E-state index in [0.717, 1.165) is 0 Å². The molecule has 0 aromatic heterocycles. The molecule has 0 fully saturated rings. The van der Waals surface area contributed by atoms with Crippen LogP contribution in [0.25, 0.3) is 0 Å². The van der Waals surface area contributed by atoms with Crippen molar-refractivity contribution in [3.05, 3.63) is 65.4 Å². The van der Waals surface area contributed by atoms with Crippen LogP contribution >= 0.6 is 23.2 Å². The van der Waals surface area contributed by atoms with Crippen molar-refractivity contribution in [1.82, 2.24) is 0 Å². The number of allylic oxidation sites excluding steroid dienone is 4. The summed E-state index contributed by atoms with van der Waals surface area (Å²) in [7, 11) is 0. The molecule has 1 N–H and O–H groups in total. The number of carboxylic acids is 1. The second-order valence-electron chi connectivity index (χ2n) is 3.78. The predicted molar refractivity (Wildman–Crippen MR) is 81.6 cm³/mol. The molecule has 0 bridgehead atoms. The highest BCUT2D eigenvalue weighted by molar-refractivity contribution is 6.30. The topological polar surface area (TPSA) is 46.5 Å². The van der Waals surface area contributed by atoms with E-state index in [1.54, 1.807) is 36.4 Å². The summed E-state index contributed by atoms with van der Waals surface area (Å²) >= 11 is 11.4. The third kappa shape index (κ3) is 5.51. The summed E-state index contributed by atoms with van der Waals surface area (Å²) in [6.45, 7) is 3.70. The minimum absolute atomic E-state index is 0.0853. The number of para-hydroxylation sites is 1. The van der Waals surface area contributed by atoms with E-state index in [-0.39, 0.29) is 11.3 Å². The van der Waals surface area contributed by atoms with Gasteiger partial charge >= 0.3 is 5.97 Å². The number of hydrogen-bond donors (Lipinski definition) is 1. The highest BCUT2D eigenvalue weighted by Gasteiger charge is 2.10. The number of halogens is 2. The molecule has 0 amide bonds. The lowest BCUT2D eigenvalue weighted by Gasteiger charge is -2.07. The van der Waals surface area contributed by atoms with Crippen LogP contribution in [-0.2, 0) is 0 Å². The van der Waals surface area contributed by atoms with Gasteiger partial charge < -0.3 is 9.84 Å². The van der Waals surface area contributed by atoms with Gasteiger partial charge in [-0.2, -0.15) is 0 Å². The first-order valence-corrected chi connectivity index (χ1v) is 6.72. The van der Waals surface area contributed by atoms with Gasteiger partial charge in [-0.15, -0.1) is 11.6 Å². The van der Waals surface area contributed by atoms with Gasteiger partial charge in [0.2, 0.25) is 0 Å². The Balaban J connectivity index is 2.65. The molecule has 1 aromatic carbocycles. The second-order valence-corrected chi connectivity index (χ2v) is 4.58. The third-order valence-electron chi connectivity index (χ3n) is 2.27. The summed E-state index contributed by atoms with van der Waals surface area (Å²) in [5, 5.41) is 9.64. The number of hydrogen-bond acceptors (Lipinski definition) is 2. The van der Waals surface area contributed by atoms with Crippen molar-refractivity contribution in [3.8, 4) is 5.75 Å². The second kappa shape index (κ2) is 8.46. The largest absolute Gasteiger partial charge is 0.478 e. The van der Waals surface area contributed by atoms with Gasteiger partial charge in [-0.3, -0.25) is 0 Å². The van der Waals surface area contributed by atoms with Crippen LogP contribution in [-0.4, -0.2) is 17.0 Å². The lowest BCUT2D eigenvalue weighted by atomic mass is 10.2. The minimum Gasteiger partial charge on any atom is -0.478 e. The first kappa shape index (κ1) is 16.3. The normalized spacial score (nSPS) is 11.6. The molecule has 0 spiro atoms. The zero-order valence-electron chi connectivity index (χ0n) is 10.7. The highest BCUT2D eigenvalue weighted by Crippen LogP contribution is 2.20. The smallest absolute Gasteiger partial charge is 0.339 e. The maximum atomic E-state index is 11.0. The van der Waals surface area contributed by atoms with Gasteiger partial charge in [0.25, 0.3) is 0 Å².